The summed E-state index contributed by atoms with van der Waals surface area (Å²) in [6, 6.07) is 7.35. The number of likely N-dealkylation sites (tertiary alicyclic amines) is 2. The van der Waals surface area contributed by atoms with Crippen LogP contribution in [0, 0.1) is 5.41 Å². The Morgan fingerprint density at radius 1 is 1.22 bits per heavy atom. The van der Waals surface area contributed by atoms with Crippen LogP contribution in [0.1, 0.15) is 29.8 Å². The topological polar surface area (TPSA) is 65.8 Å². The smallest absolute Gasteiger partial charge is 0.311 e. The second kappa shape index (κ2) is 6.53. The van der Waals surface area contributed by atoms with E-state index in [1.165, 1.54) is 0 Å². The number of hydrogen-bond acceptors (Lipinski definition) is 3. The average Bonchev–Trinajstić information content (AvgIpc) is 2.99. The molecule has 1 N–H and O–H groups in total. The molecule has 2 aromatic rings. The van der Waals surface area contributed by atoms with Crippen LogP contribution in [0.5, 0.6) is 0 Å². The fourth-order valence-corrected chi connectivity index (χ4v) is 5.21. The fraction of sp³-hybridized carbons (Fsp3) is 0.500. The van der Waals surface area contributed by atoms with Crippen LogP contribution in [0.3, 0.4) is 0 Å². The second-order valence-electron chi connectivity index (χ2n) is 7.83. The Morgan fingerprint density at radius 3 is 2.70 bits per heavy atom. The third-order valence-electron chi connectivity index (χ3n) is 6.46. The fourth-order valence-electron chi connectivity index (χ4n) is 4.90. The molecule has 0 saturated carbocycles. The van der Waals surface area contributed by atoms with Crippen molar-refractivity contribution in [3.63, 3.8) is 0 Å². The summed E-state index contributed by atoms with van der Waals surface area (Å²) in [5.74, 6) is -0.801. The van der Waals surface area contributed by atoms with Crippen molar-refractivity contribution in [2.45, 2.75) is 25.3 Å². The van der Waals surface area contributed by atoms with Gasteiger partial charge in [-0.25, -0.2) is 0 Å². The van der Waals surface area contributed by atoms with Gasteiger partial charge in [0.2, 0.25) is 0 Å². The van der Waals surface area contributed by atoms with Crippen molar-refractivity contribution in [1.29, 1.82) is 0 Å². The number of carboxylic acids is 1. The maximum absolute atomic E-state index is 13.3. The molecule has 2 atom stereocenters. The molecule has 1 aromatic carbocycles. The number of aliphatic carboxylic acids is 1. The molecule has 1 aromatic heterocycles. The summed E-state index contributed by atoms with van der Waals surface area (Å²) in [6.07, 6.45) is 2.06. The first-order chi connectivity index (χ1) is 12.8. The highest BCUT2D eigenvalue weighted by molar-refractivity contribution is 6.35. The van der Waals surface area contributed by atoms with E-state index in [9.17, 15) is 14.7 Å². The summed E-state index contributed by atoms with van der Waals surface area (Å²) in [6.45, 7) is 1.77. The van der Waals surface area contributed by atoms with Crippen LogP contribution in [0.25, 0.3) is 10.9 Å². The van der Waals surface area contributed by atoms with Gasteiger partial charge in [-0.15, -0.1) is 0 Å². The summed E-state index contributed by atoms with van der Waals surface area (Å²) in [5, 5.41) is 11.5. The zero-order valence-corrected chi connectivity index (χ0v) is 16.4. The number of fused-ring (bicyclic) bond motifs is 2. The summed E-state index contributed by atoms with van der Waals surface area (Å²) < 4.78 is 1.84. The lowest BCUT2D eigenvalue weighted by Crippen LogP contribution is -2.63. The van der Waals surface area contributed by atoms with Crippen molar-refractivity contribution in [1.82, 2.24) is 14.4 Å². The highest BCUT2D eigenvalue weighted by atomic mass is 35.5. The van der Waals surface area contributed by atoms with Gasteiger partial charge in [-0.2, -0.15) is 0 Å². The van der Waals surface area contributed by atoms with Gasteiger partial charge in [0.05, 0.1) is 16.0 Å². The second-order valence-corrected chi connectivity index (χ2v) is 8.24. The van der Waals surface area contributed by atoms with Gasteiger partial charge in [0, 0.05) is 31.6 Å². The standard InChI is InChI=1S/C20H24ClN3O3/c1-22-9-4-7-20(19(26)27)8-10-24(12-16(20)22)18(25)15-11-13-5-3-6-14(21)17(13)23(15)2/h3,5-6,11,16H,4,7-10,12H2,1-2H3,(H,26,27)/t16-,20+/m1/s1. The third kappa shape index (κ3) is 2.74. The molecule has 0 bridgehead atoms. The van der Waals surface area contributed by atoms with Crippen LogP contribution in [0.15, 0.2) is 24.3 Å². The Hall–Kier alpha value is -2.05. The number of carbonyl (C=O) groups is 2. The molecule has 2 aliphatic rings. The number of carbonyl (C=O) groups excluding carboxylic acids is 1. The van der Waals surface area contributed by atoms with E-state index in [-0.39, 0.29) is 11.9 Å². The van der Waals surface area contributed by atoms with Crippen molar-refractivity contribution in [2.24, 2.45) is 12.5 Å². The number of rotatable bonds is 2. The normalized spacial score (nSPS) is 26.2. The Balaban J connectivity index is 1.65. The minimum Gasteiger partial charge on any atom is -0.481 e. The van der Waals surface area contributed by atoms with E-state index >= 15 is 0 Å². The lowest BCUT2D eigenvalue weighted by molar-refractivity contribution is -0.161. The number of amides is 1. The summed E-state index contributed by atoms with van der Waals surface area (Å²) in [7, 11) is 3.81. The molecule has 4 rings (SSSR count). The number of benzene rings is 1. The number of piperidine rings is 2. The third-order valence-corrected chi connectivity index (χ3v) is 6.77. The van der Waals surface area contributed by atoms with Crippen LogP contribution < -0.4 is 0 Å². The minimum atomic E-state index is -0.744. The number of nitrogens with zero attached hydrogens (tertiary/aromatic N) is 3. The van der Waals surface area contributed by atoms with E-state index in [0.29, 0.717) is 36.6 Å². The number of aromatic nitrogens is 1. The lowest BCUT2D eigenvalue weighted by atomic mass is 9.68. The zero-order valence-electron chi connectivity index (χ0n) is 15.6. The number of aryl methyl sites for hydroxylation is 1. The quantitative estimate of drug-likeness (QED) is 0.857. The maximum atomic E-state index is 13.3. The molecule has 0 unspecified atom stereocenters. The van der Waals surface area contributed by atoms with E-state index in [2.05, 4.69) is 4.90 Å². The molecule has 2 saturated heterocycles. The predicted octanol–water partition coefficient (Wildman–Crippen LogP) is 2.84. The van der Waals surface area contributed by atoms with Crippen molar-refractivity contribution in [3.8, 4) is 0 Å². The Kier molecular flexibility index (Phi) is 4.43. The largest absolute Gasteiger partial charge is 0.481 e. The van der Waals surface area contributed by atoms with Crippen LogP contribution in [-0.2, 0) is 11.8 Å². The van der Waals surface area contributed by atoms with Gasteiger partial charge < -0.3 is 19.5 Å². The maximum Gasteiger partial charge on any atom is 0.311 e. The molecule has 0 spiro atoms. The zero-order chi connectivity index (χ0) is 19.3. The number of likely N-dealkylation sites (N-methyl/N-ethyl adjacent to an activating group) is 1. The van der Waals surface area contributed by atoms with Crippen LogP contribution in [0.2, 0.25) is 5.02 Å². The van der Waals surface area contributed by atoms with Gasteiger partial charge in [-0.3, -0.25) is 9.59 Å². The SMILES string of the molecule is CN1CCC[C@]2(C(=O)O)CCN(C(=O)c3cc4cccc(Cl)c4n3C)C[C@@H]12. The first-order valence-corrected chi connectivity index (χ1v) is 9.70. The average molecular weight is 390 g/mol. The van der Waals surface area contributed by atoms with Crippen molar-refractivity contribution < 1.29 is 14.7 Å². The highest BCUT2D eigenvalue weighted by Gasteiger charge is 2.53. The van der Waals surface area contributed by atoms with Crippen LogP contribution in [-0.4, -0.2) is 64.1 Å². The Bertz CT molecular complexity index is 925. The molecule has 2 aliphatic heterocycles. The first kappa shape index (κ1) is 18.3. The molecule has 27 heavy (non-hydrogen) atoms. The van der Waals surface area contributed by atoms with E-state index < -0.39 is 11.4 Å². The van der Waals surface area contributed by atoms with E-state index in [0.717, 1.165) is 23.9 Å². The van der Waals surface area contributed by atoms with E-state index in [1.807, 2.05) is 42.9 Å². The summed E-state index contributed by atoms with van der Waals surface area (Å²) in [5.41, 5.74) is 0.681. The summed E-state index contributed by atoms with van der Waals surface area (Å²) >= 11 is 6.31. The molecule has 0 radical (unpaired) electrons. The molecule has 1 amide bonds. The van der Waals surface area contributed by atoms with Crippen LogP contribution in [0.4, 0.5) is 0 Å². The number of para-hydroxylation sites is 1. The molecule has 6 nitrogen and oxygen atoms in total. The minimum absolute atomic E-state index is 0.0669. The van der Waals surface area contributed by atoms with E-state index in [4.69, 9.17) is 11.6 Å². The molecule has 0 aliphatic carbocycles. The number of hydrogen-bond donors (Lipinski definition) is 1. The molecule has 7 heteroatoms. The van der Waals surface area contributed by atoms with Gasteiger partial charge in [0.25, 0.3) is 5.91 Å². The van der Waals surface area contributed by atoms with E-state index in [1.54, 1.807) is 4.90 Å². The number of carboxylic acid groups (broad SMARTS) is 1. The monoisotopic (exact) mass is 389 g/mol. The van der Waals surface area contributed by atoms with Crippen molar-refractivity contribution in [3.05, 3.63) is 35.0 Å². The molecule has 144 valence electrons. The lowest BCUT2D eigenvalue weighted by Gasteiger charge is -2.51. The number of halogens is 1. The predicted molar refractivity (Wildman–Crippen MR) is 104 cm³/mol. The molecular formula is C20H24ClN3O3. The van der Waals surface area contributed by atoms with Gasteiger partial charge in [0.1, 0.15) is 5.69 Å². The molecular weight excluding hydrogens is 366 g/mol. The van der Waals surface area contributed by atoms with Crippen molar-refractivity contribution >= 4 is 34.4 Å². The van der Waals surface area contributed by atoms with Gasteiger partial charge >= 0.3 is 5.97 Å². The first-order valence-electron chi connectivity index (χ1n) is 9.32. The van der Waals surface area contributed by atoms with Crippen LogP contribution >= 0.6 is 11.6 Å². The van der Waals surface area contributed by atoms with Crippen molar-refractivity contribution in [2.75, 3.05) is 26.7 Å². The molecule has 3 heterocycles. The molecule has 2 fully saturated rings. The highest BCUT2D eigenvalue weighted by Crippen LogP contribution is 2.42. The Morgan fingerprint density at radius 2 is 2.00 bits per heavy atom. The summed E-state index contributed by atoms with van der Waals surface area (Å²) in [4.78, 5) is 29.2. The van der Waals surface area contributed by atoms with Gasteiger partial charge in [-0.05, 0) is 45.0 Å². The van der Waals surface area contributed by atoms with Gasteiger partial charge in [-0.1, -0.05) is 23.7 Å². The van der Waals surface area contributed by atoms with Gasteiger partial charge in [0.15, 0.2) is 0 Å². The Labute approximate surface area is 163 Å².